The van der Waals surface area contributed by atoms with E-state index in [0.717, 1.165) is 35.6 Å². The van der Waals surface area contributed by atoms with Crippen molar-refractivity contribution >= 4 is 23.6 Å². The summed E-state index contributed by atoms with van der Waals surface area (Å²) in [6, 6.07) is 8.67. The Morgan fingerprint density at radius 1 is 1.07 bits per heavy atom. The summed E-state index contributed by atoms with van der Waals surface area (Å²) in [6.07, 6.45) is 11.9. The minimum Gasteiger partial charge on any atom is -0.353 e. The van der Waals surface area contributed by atoms with Crippen LogP contribution in [0.25, 0.3) is 6.08 Å². The smallest absolute Gasteiger partial charge is 0.220 e. The minimum absolute atomic E-state index is 0.274. The maximum Gasteiger partial charge on any atom is 0.220 e. The van der Waals surface area contributed by atoms with Gasteiger partial charge in [-0.2, -0.15) is 0 Å². The molecule has 1 heterocycles. The lowest BCUT2D eigenvalue weighted by Crippen LogP contribution is -2.60. The molecule has 1 aliphatic heterocycles. The first-order chi connectivity index (χ1) is 13.4. The number of fused-ring (bicyclic) bond motifs is 5. The van der Waals surface area contributed by atoms with Gasteiger partial charge in [0.2, 0.25) is 5.91 Å². The van der Waals surface area contributed by atoms with Gasteiger partial charge in [-0.3, -0.25) is 4.79 Å². The Kier molecular flexibility index (Phi) is 4.43. The van der Waals surface area contributed by atoms with Crippen LogP contribution in [0.15, 0.2) is 29.8 Å². The number of hydrogen-bond acceptors (Lipinski definition) is 1. The molecule has 3 heteroatoms. The average molecular weight is 398 g/mol. The third-order valence-electron chi connectivity index (χ3n) is 8.97. The zero-order valence-corrected chi connectivity index (χ0v) is 17.9. The molecule has 0 spiro atoms. The van der Waals surface area contributed by atoms with Gasteiger partial charge in [0.25, 0.3) is 0 Å². The highest BCUT2D eigenvalue weighted by Gasteiger charge is 2.58. The third kappa shape index (κ3) is 2.95. The standard InChI is InChI=1S/C25H32ClNO/c1-24-11-9-20-19(7-8-22-25(20,2)12-10-23(28)27-22)21(24)14-17(15-24)13-16-3-5-18(26)6-4-16/h3-6,13,19-22H,7-12,14-15H2,1-2H3,(H,27,28)/t19-,20-,21+,22?,24-,25-/m1/s1. The molecule has 0 radical (unpaired) electrons. The number of amides is 1. The number of rotatable bonds is 1. The molecule has 4 fully saturated rings. The lowest BCUT2D eigenvalue weighted by Gasteiger charge is -2.59. The molecule has 0 bridgehead atoms. The highest BCUT2D eigenvalue weighted by Crippen LogP contribution is 2.65. The number of carbonyl (C=O) groups excluding carboxylic acids is 1. The van der Waals surface area contributed by atoms with E-state index in [9.17, 15) is 4.79 Å². The molecular formula is C25H32ClNO. The number of nitrogens with one attached hydrogen (secondary N) is 1. The van der Waals surface area contributed by atoms with Crippen LogP contribution in [-0.4, -0.2) is 11.9 Å². The Morgan fingerprint density at radius 3 is 2.64 bits per heavy atom. The first-order valence-electron chi connectivity index (χ1n) is 11.1. The molecule has 1 amide bonds. The second-order valence-corrected chi connectivity index (χ2v) is 10.9. The number of halogens is 1. The fourth-order valence-corrected chi connectivity index (χ4v) is 7.62. The Labute approximate surface area is 174 Å². The molecule has 1 aromatic rings. The molecule has 150 valence electrons. The predicted octanol–water partition coefficient (Wildman–Crippen LogP) is 6.24. The maximum absolute atomic E-state index is 12.0. The first-order valence-corrected chi connectivity index (χ1v) is 11.5. The quantitative estimate of drug-likeness (QED) is 0.596. The zero-order valence-electron chi connectivity index (χ0n) is 17.1. The van der Waals surface area contributed by atoms with Crippen LogP contribution in [-0.2, 0) is 4.79 Å². The molecule has 3 saturated carbocycles. The molecule has 1 unspecified atom stereocenters. The van der Waals surface area contributed by atoms with Gasteiger partial charge in [0, 0.05) is 17.5 Å². The molecular weight excluding hydrogens is 366 g/mol. The average Bonchev–Trinajstić information content (AvgIpc) is 3.00. The van der Waals surface area contributed by atoms with E-state index in [1.54, 1.807) is 5.57 Å². The summed E-state index contributed by atoms with van der Waals surface area (Å²) in [5.41, 5.74) is 3.67. The lowest BCUT2D eigenvalue weighted by molar-refractivity contribution is -0.135. The molecule has 28 heavy (non-hydrogen) atoms. The van der Waals surface area contributed by atoms with Crippen molar-refractivity contribution in [3.8, 4) is 0 Å². The van der Waals surface area contributed by atoms with E-state index in [-0.39, 0.29) is 5.91 Å². The molecule has 1 aromatic carbocycles. The summed E-state index contributed by atoms with van der Waals surface area (Å²) < 4.78 is 0. The van der Waals surface area contributed by atoms with Crippen LogP contribution in [0.5, 0.6) is 0 Å². The molecule has 2 nitrogen and oxygen atoms in total. The van der Waals surface area contributed by atoms with E-state index in [0.29, 0.717) is 16.9 Å². The number of allylic oxidation sites excluding steroid dienone is 1. The van der Waals surface area contributed by atoms with Crippen LogP contribution in [0, 0.1) is 28.6 Å². The molecule has 5 rings (SSSR count). The van der Waals surface area contributed by atoms with Gasteiger partial charge in [0.15, 0.2) is 0 Å². The summed E-state index contributed by atoms with van der Waals surface area (Å²) in [4.78, 5) is 12.0. The Hall–Kier alpha value is -1.28. The molecule has 6 atom stereocenters. The van der Waals surface area contributed by atoms with Crippen molar-refractivity contribution in [1.82, 2.24) is 5.32 Å². The van der Waals surface area contributed by atoms with Crippen LogP contribution in [0.3, 0.4) is 0 Å². The lowest BCUT2D eigenvalue weighted by atomic mass is 9.48. The van der Waals surface area contributed by atoms with Crippen molar-refractivity contribution in [1.29, 1.82) is 0 Å². The van der Waals surface area contributed by atoms with E-state index in [1.807, 2.05) is 12.1 Å². The number of benzene rings is 1. The van der Waals surface area contributed by atoms with Gasteiger partial charge in [-0.05, 0) is 91.2 Å². The van der Waals surface area contributed by atoms with Gasteiger partial charge in [0.1, 0.15) is 0 Å². The Bertz CT molecular complexity index is 814. The van der Waals surface area contributed by atoms with E-state index in [1.165, 1.54) is 44.1 Å². The second-order valence-electron chi connectivity index (χ2n) is 10.5. The van der Waals surface area contributed by atoms with Gasteiger partial charge < -0.3 is 5.32 Å². The van der Waals surface area contributed by atoms with Crippen LogP contribution < -0.4 is 5.32 Å². The van der Waals surface area contributed by atoms with Gasteiger partial charge >= 0.3 is 0 Å². The third-order valence-corrected chi connectivity index (χ3v) is 9.22. The zero-order chi connectivity index (χ0) is 19.5. The van der Waals surface area contributed by atoms with E-state index >= 15 is 0 Å². The molecule has 0 aromatic heterocycles. The van der Waals surface area contributed by atoms with E-state index in [2.05, 4.69) is 37.4 Å². The Morgan fingerprint density at radius 2 is 1.86 bits per heavy atom. The highest BCUT2D eigenvalue weighted by molar-refractivity contribution is 6.30. The van der Waals surface area contributed by atoms with Crippen molar-refractivity contribution in [3.63, 3.8) is 0 Å². The van der Waals surface area contributed by atoms with Crippen molar-refractivity contribution in [2.75, 3.05) is 0 Å². The number of piperidine rings is 1. The SMILES string of the molecule is C[C@]12CC[C@@H]3[C@@H](CCC4NC(=O)CC[C@@]43C)[C@@H]1CC(=Cc1ccc(Cl)cc1)C2. The summed E-state index contributed by atoms with van der Waals surface area (Å²) >= 11 is 6.06. The van der Waals surface area contributed by atoms with Crippen LogP contribution >= 0.6 is 11.6 Å². The largest absolute Gasteiger partial charge is 0.353 e. The fraction of sp³-hybridized carbons (Fsp3) is 0.640. The van der Waals surface area contributed by atoms with Crippen molar-refractivity contribution in [3.05, 3.63) is 40.4 Å². The summed E-state index contributed by atoms with van der Waals surface area (Å²) in [5.74, 6) is 2.68. The first kappa shape index (κ1) is 18.7. The summed E-state index contributed by atoms with van der Waals surface area (Å²) in [5, 5.41) is 4.15. The van der Waals surface area contributed by atoms with Gasteiger partial charge in [-0.25, -0.2) is 0 Å². The molecule has 3 aliphatic carbocycles. The van der Waals surface area contributed by atoms with Gasteiger partial charge in [-0.15, -0.1) is 0 Å². The van der Waals surface area contributed by atoms with Gasteiger partial charge in [-0.1, -0.05) is 49.2 Å². The summed E-state index contributed by atoms with van der Waals surface area (Å²) in [6.45, 7) is 5.03. The van der Waals surface area contributed by atoms with Gasteiger partial charge in [0.05, 0.1) is 0 Å². The van der Waals surface area contributed by atoms with Crippen molar-refractivity contribution in [2.24, 2.45) is 28.6 Å². The predicted molar refractivity (Wildman–Crippen MR) is 115 cm³/mol. The summed E-state index contributed by atoms with van der Waals surface area (Å²) in [7, 11) is 0. The Balaban J connectivity index is 1.40. The van der Waals surface area contributed by atoms with Crippen molar-refractivity contribution < 1.29 is 4.79 Å². The highest BCUT2D eigenvalue weighted by atomic mass is 35.5. The molecule has 1 N–H and O–H groups in total. The topological polar surface area (TPSA) is 29.1 Å². The number of hydrogen-bond donors (Lipinski definition) is 1. The fourth-order valence-electron chi connectivity index (χ4n) is 7.49. The monoisotopic (exact) mass is 397 g/mol. The van der Waals surface area contributed by atoms with Crippen LogP contribution in [0.4, 0.5) is 0 Å². The number of carbonyl (C=O) groups is 1. The second kappa shape index (κ2) is 6.62. The van der Waals surface area contributed by atoms with E-state index in [4.69, 9.17) is 11.6 Å². The van der Waals surface area contributed by atoms with E-state index < -0.39 is 0 Å². The maximum atomic E-state index is 12.0. The normalized spacial score (nSPS) is 43.8. The van der Waals surface area contributed by atoms with Crippen LogP contribution in [0.2, 0.25) is 5.02 Å². The molecule has 1 saturated heterocycles. The minimum atomic E-state index is 0.274. The molecule has 4 aliphatic rings. The van der Waals surface area contributed by atoms with Crippen LogP contribution in [0.1, 0.15) is 70.8 Å². The van der Waals surface area contributed by atoms with Crippen molar-refractivity contribution in [2.45, 2.75) is 71.3 Å².